The van der Waals surface area contributed by atoms with Gasteiger partial charge in [-0.05, 0) is 48.6 Å². The lowest BCUT2D eigenvalue weighted by molar-refractivity contribution is -0.137. The Bertz CT molecular complexity index is 758. The number of alkyl halides is 3. The van der Waals surface area contributed by atoms with Crippen LogP contribution in [0.4, 0.5) is 13.2 Å². The second-order valence-corrected chi connectivity index (χ2v) is 6.03. The predicted octanol–water partition coefficient (Wildman–Crippen LogP) is 4.28. The summed E-state index contributed by atoms with van der Waals surface area (Å²) < 4.78 is 43.3. The molecular formula is C19H18F3NO2. The van der Waals surface area contributed by atoms with Gasteiger partial charge in [-0.2, -0.15) is 13.2 Å². The highest BCUT2D eigenvalue weighted by molar-refractivity contribution is 5.78. The summed E-state index contributed by atoms with van der Waals surface area (Å²) in [6, 6.07) is 12.4. The molecule has 0 saturated heterocycles. The van der Waals surface area contributed by atoms with Gasteiger partial charge in [-0.3, -0.25) is 4.79 Å². The molecule has 0 spiro atoms. The second-order valence-electron chi connectivity index (χ2n) is 6.03. The molecule has 0 radical (unpaired) electrons. The van der Waals surface area contributed by atoms with Crippen LogP contribution in [0.3, 0.4) is 0 Å². The first-order valence-electron chi connectivity index (χ1n) is 8.11. The first kappa shape index (κ1) is 17.3. The molecule has 1 atom stereocenters. The van der Waals surface area contributed by atoms with Gasteiger partial charge in [-0.15, -0.1) is 0 Å². The van der Waals surface area contributed by atoms with Crippen LogP contribution in [0.1, 0.15) is 35.6 Å². The van der Waals surface area contributed by atoms with Gasteiger partial charge >= 0.3 is 6.18 Å². The van der Waals surface area contributed by atoms with E-state index >= 15 is 0 Å². The van der Waals surface area contributed by atoms with Crippen LogP contribution in [0.25, 0.3) is 0 Å². The van der Waals surface area contributed by atoms with Crippen molar-refractivity contribution in [1.82, 2.24) is 5.32 Å². The lowest BCUT2D eigenvalue weighted by atomic mass is 9.88. The zero-order chi connectivity index (χ0) is 17.9. The maximum atomic E-state index is 12.7. The number of halogens is 3. The molecule has 132 valence electrons. The minimum absolute atomic E-state index is 0.0222. The van der Waals surface area contributed by atoms with E-state index in [1.165, 1.54) is 17.7 Å². The number of carbonyl (C=O) groups excluding carboxylic acids is 1. The molecule has 1 aliphatic carbocycles. The van der Waals surface area contributed by atoms with E-state index in [0.717, 1.165) is 37.0 Å². The van der Waals surface area contributed by atoms with Gasteiger partial charge in [0, 0.05) is 0 Å². The molecule has 0 aliphatic heterocycles. The molecule has 6 heteroatoms. The Labute approximate surface area is 143 Å². The predicted molar refractivity (Wildman–Crippen MR) is 87.2 cm³/mol. The van der Waals surface area contributed by atoms with E-state index in [9.17, 15) is 18.0 Å². The fourth-order valence-corrected chi connectivity index (χ4v) is 3.05. The van der Waals surface area contributed by atoms with Crippen LogP contribution in [0.2, 0.25) is 0 Å². The summed E-state index contributed by atoms with van der Waals surface area (Å²) in [6.45, 7) is -0.319. The van der Waals surface area contributed by atoms with Gasteiger partial charge in [0.1, 0.15) is 5.75 Å². The maximum absolute atomic E-state index is 12.7. The van der Waals surface area contributed by atoms with E-state index in [2.05, 4.69) is 5.32 Å². The largest absolute Gasteiger partial charge is 0.484 e. The summed E-state index contributed by atoms with van der Waals surface area (Å²) in [4.78, 5) is 12.1. The van der Waals surface area contributed by atoms with Gasteiger partial charge in [0.25, 0.3) is 5.91 Å². The highest BCUT2D eigenvalue weighted by Crippen LogP contribution is 2.31. The van der Waals surface area contributed by atoms with Gasteiger partial charge in [0.2, 0.25) is 0 Å². The molecule has 25 heavy (non-hydrogen) atoms. The fourth-order valence-electron chi connectivity index (χ4n) is 3.05. The topological polar surface area (TPSA) is 38.3 Å². The molecule has 1 N–H and O–H groups in total. The maximum Gasteiger partial charge on any atom is 0.416 e. The molecule has 0 saturated carbocycles. The lowest BCUT2D eigenvalue weighted by Gasteiger charge is -2.26. The van der Waals surface area contributed by atoms with Crippen molar-refractivity contribution in [2.75, 3.05) is 6.61 Å². The van der Waals surface area contributed by atoms with E-state index in [-0.39, 0.29) is 24.3 Å². The minimum atomic E-state index is -4.44. The van der Waals surface area contributed by atoms with Gasteiger partial charge in [0.05, 0.1) is 11.6 Å². The van der Waals surface area contributed by atoms with Crippen molar-refractivity contribution in [1.29, 1.82) is 0 Å². The van der Waals surface area contributed by atoms with Crippen LogP contribution < -0.4 is 10.1 Å². The van der Waals surface area contributed by atoms with Gasteiger partial charge in [-0.1, -0.05) is 30.3 Å². The summed E-state index contributed by atoms with van der Waals surface area (Å²) in [5.41, 5.74) is 1.52. The minimum Gasteiger partial charge on any atom is -0.484 e. The lowest BCUT2D eigenvalue weighted by Crippen LogP contribution is -2.34. The smallest absolute Gasteiger partial charge is 0.416 e. The summed E-state index contributed by atoms with van der Waals surface area (Å²) in [5, 5.41) is 2.90. The zero-order valence-corrected chi connectivity index (χ0v) is 13.5. The van der Waals surface area contributed by atoms with Crippen LogP contribution in [-0.2, 0) is 17.4 Å². The van der Waals surface area contributed by atoms with Crippen molar-refractivity contribution in [2.24, 2.45) is 0 Å². The van der Waals surface area contributed by atoms with Crippen molar-refractivity contribution in [3.05, 3.63) is 65.2 Å². The molecule has 1 amide bonds. The van der Waals surface area contributed by atoms with E-state index in [1.54, 1.807) is 0 Å². The van der Waals surface area contributed by atoms with Crippen LogP contribution >= 0.6 is 0 Å². The molecule has 0 fully saturated rings. The number of ether oxygens (including phenoxy) is 1. The van der Waals surface area contributed by atoms with Crippen molar-refractivity contribution in [3.8, 4) is 5.75 Å². The molecule has 0 heterocycles. The third kappa shape index (κ3) is 4.32. The number of hydrogen-bond donors (Lipinski definition) is 1. The normalized spacial score (nSPS) is 16.8. The number of amides is 1. The zero-order valence-electron chi connectivity index (χ0n) is 13.5. The fraction of sp³-hybridized carbons (Fsp3) is 0.316. The molecule has 2 aromatic carbocycles. The van der Waals surface area contributed by atoms with Crippen LogP contribution in [0.15, 0.2) is 48.5 Å². The van der Waals surface area contributed by atoms with Gasteiger partial charge < -0.3 is 10.1 Å². The van der Waals surface area contributed by atoms with E-state index < -0.39 is 11.7 Å². The van der Waals surface area contributed by atoms with Crippen LogP contribution in [0.5, 0.6) is 5.75 Å². The summed E-state index contributed by atoms with van der Waals surface area (Å²) >= 11 is 0. The van der Waals surface area contributed by atoms with E-state index in [4.69, 9.17) is 4.74 Å². The monoisotopic (exact) mass is 349 g/mol. The Morgan fingerprint density at radius 1 is 1.16 bits per heavy atom. The molecule has 2 aromatic rings. The van der Waals surface area contributed by atoms with Crippen LogP contribution in [-0.4, -0.2) is 12.5 Å². The number of hydrogen-bond acceptors (Lipinski definition) is 2. The number of benzene rings is 2. The Hall–Kier alpha value is -2.50. The molecule has 0 aromatic heterocycles. The summed E-state index contributed by atoms with van der Waals surface area (Å²) in [7, 11) is 0. The standard InChI is InChI=1S/C19H18F3NO2/c20-19(21,22)14-7-4-8-15(11-14)25-12-18(24)23-17-10-3-6-13-5-1-2-9-16(13)17/h1-2,4-5,7-9,11,17H,3,6,10,12H2,(H,23,24)/t17-/m1/s1. The molecule has 3 rings (SSSR count). The Morgan fingerprint density at radius 3 is 2.76 bits per heavy atom. The van der Waals surface area contributed by atoms with Crippen molar-refractivity contribution < 1.29 is 22.7 Å². The summed E-state index contributed by atoms with van der Waals surface area (Å²) in [6.07, 6.45) is -1.63. The highest BCUT2D eigenvalue weighted by atomic mass is 19.4. The van der Waals surface area contributed by atoms with E-state index in [1.807, 2.05) is 24.3 Å². The molecule has 0 unspecified atom stereocenters. The number of rotatable bonds is 4. The molecular weight excluding hydrogens is 331 g/mol. The van der Waals surface area contributed by atoms with Gasteiger partial charge in [0.15, 0.2) is 6.61 Å². The second kappa shape index (κ2) is 7.17. The van der Waals surface area contributed by atoms with Crippen molar-refractivity contribution >= 4 is 5.91 Å². The Balaban J connectivity index is 1.59. The number of fused-ring (bicyclic) bond motifs is 1. The number of carbonyl (C=O) groups is 1. The average Bonchev–Trinajstić information content (AvgIpc) is 2.60. The summed E-state index contributed by atoms with van der Waals surface area (Å²) in [5.74, 6) is -0.326. The third-order valence-corrected chi connectivity index (χ3v) is 4.24. The Kier molecular flexibility index (Phi) is 4.97. The van der Waals surface area contributed by atoms with Crippen molar-refractivity contribution in [2.45, 2.75) is 31.5 Å². The number of nitrogens with one attached hydrogen (secondary N) is 1. The average molecular weight is 349 g/mol. The molecule has 0 bridgehead atoms. The Morgan fingerprint density at radius 2 is 1.96 bits per heavy atom. The molecule has 1 aliphatic rings. The highest BCUT2D eigenvalue weighted by Gasteiger charge is 2.30. The van der Waals surface area contributed by atoms with E-state index in [0.29, 0.717) is 0 Å². The first-order valence-corrected chi connectivity index (χ1v) is 8.11. The van der Waals surface area contributed by atoms with Crippen molar-refractivity contribution in [3.63, 3.8) is 0 Å². The molecule has 3 nitrogen and oxygen atoms in total. The quantitative estimate of drug-likeness (QED) is 0.895. The van der Waals surface area contributed by atoms with Crippen LogP contribution in [0, 0.1) is 0 Å². The van der Waals surface area contributed by atoms with Gasteiger partial charge in [-0.25, -0.2) is 0 Å². The number of aryl methyl sites for hydroxylation is 1. The third-order valence-electron chi connectivity index (χ3n) is 4.24. The SMILES string of the molecule is O=C(COc1cccc(C(F)(F)F)c1)N[C@@H]1CCCc2ccccc21. The first-order chi connectivity index (χ1) is 11.9.